The molecule has 0 aliphatic carbocycles. The number of nitrogens with two attached hydrogens (primary N) is 1. The zero-order valence-electron chi connectivity index (χ0n) is 15.2. The quantitative estimate of drug-likeness (QED) is 0.482. The lowest BCUT2D eigenvalue weighted by Crippen LogP contribution is -2.17. The third-order valence-corrected chi connectivity index (χ3v) is 3.90. The molecule has 0 bridgehead atoms. The zero-order valence-corrected chi connectivity index (χ0v) is 15.2. The SMILES string of the molecule is CNC(=O)c1ccc(Nc2ncc(C(F)(F)F)c(Nc3ccc(N)cc3)n2)cc1. The van der Waals surface area contributed by atoms with Crippen LogP contribution >= 0.6 is 0 Å². The minimum Gasteiger partial charge on any atom is -0.399 e. The number of anilines is 5. The molecule has 3 rings (SSSR count). The molecule has 5 N–H and O–H groups in total. The monoisotopic (exact) mass is 402 g/mol. The van der Waals surface area contributed by atoms with Crippen molar-refractivity contribution in [3.05, 3.63) is 65.9 Å². The van der Waals surface area contributed by atoms with E-state index in [1.165, 1.54) is 7.05 Å². The van der Waals surface area contributed by atoms with Crippen molar-refractivity contribution in [2.24, 2.45) is 0 Å². The number of nitrogen functional groups attached to an aromatic ring is 1. The number of hydrogen-bond donors (Lipinski definition) is 4. The molecular formula is C19H17F3N6O. The molecule has 3 aromatic rings. The summed E-state index contributed by atoms with van der Waals surface area (Å²) in [5, 5.41) is 7.96. The van der Waals surface area contributed by atoms with Crippen molar-refractivity contribution in [2.45, 2.75) is 6.18 Å². The van der Waals surface area contributed by atoms with Gasteiger partial charge in [-0.15, -0.1) is 0 Å². The van der Waals surface area contributed by atoms with Gasteiger partial charge in [0.05, 0.1) is 0 Å². The molecule has 1 aromatic heterocycles. The van der Waals surface area contributed by atoms with E-state index in [1.54, 1.807) is 48.5 Å². The molecule has 10 heteroatoms. The maximum atomic E-state index is 13.3. The highest BCUT2D eigenvalue weighted by molar-refractivity contribution is 5.94. The molecule has 0 saturated heterocycles. The Bertz CT molecular complexity index is 1000. The van der Waals surface area contributed by atoms with E-state index in [0.717, 1.165) is 0 Å². The van der Waals surface area contributed by atoms with Crippen LogP contribution < -0.4 is 21.7 Å². The molecule has 29 heavy (non-hydrogen) atoms. The number of rotatable bonds is 5. The van der Waals surface area contributed by atoms with Crippen LogP contribution in [0.5, 0.6) is 0 Å². The Morgan fingerprint density at radius 3 is 2.14 bits per heavy atom. The van der Waals surface area contributed by atoms with Gasteiger partial charge < -0.3 is 21.7 Å². The maximum Gasteiger partial charge on any atom is 0.421 e. The number of carbonyl (C=O) groups is 1. The van der Waals surface area contributed by atoms with E-state index < -0.39 is 17.6 Å². The van der Waals surface area contributed by atoms with Crippen molar-refractivity contribution in [1.29, 1.82) is 0 Å². The normalized spacial score (nSPS) is 11.0. The molecule has 1 heterocycles. The molecule has 2 aromatic carbocycles. The first kappa shape index (κ1) is 19.9. The molecule has 0 aliphatic heterocycles. The summed E-state index contributed by atoms with van der Waals surface area (Å²) in [6, 6.07) is 12.5. The van der Waals surface area contributed by atoms with E-state index in [9.17, 15) is 18.0 Å². The van der Waals surface area contributed by atoms with Gasteiger partial charge in [0.2, 0.25) is 5.95 Å². The minimum absolute atomic E-state index is 0.0383. The standard InChI is InChI=1S/C19H17F3N6O/c1-24-17(29)11-2-6-14(7-3-11)27-18-25-10-15(19(20,21)22)16(28-18)26-13-8-4-12(23)5-9-13/h2-10H,23H2,1H3,(H,24,29)(H2,25,26,27,28). The number of nitrogens with one attached hydrogen (secondary N) is 3. The van der Waals surface area contributed by atoms with Crippen molar-refractivity contribution in [1.82, 2.24) is 15.3 Å². The van der Waals surface area contributed by atoms with E-state index in [2.05, 4.69) is 25.9 Å². The van der Waals surface area contributed by atoms with Crippen molar-refractivity contribution >= 4 is 34.7 Å². The number of amides is 1. The van der Waals surface area contributed by atoms with Gasteiger partial charge in [-0.2, -0.15) is 18.2 Å². The third kappa shape index (κ3) is 4.92. The minimum atomic E-state index is -4.64. The van der Waals surface area contributed by atoms with Gasteiger partial charge in [0.25, 0.3) is 5.91 Å². The Morgan fingerprint density at radius 1 is 0.966 bits per heavy atom. The molecule has 0 fully saturated rings. The molecule has 150 valence electrons. The summed E-state index contributed by atoms with van der Waals surface area (Å²) in [6.07, 6.45) is -3.93. The van der Waals surface area contributed by atoms with E-state index in [-0.39, 0.29) is 11.9 Å². The summed E-state index contributed by atoms with van der Waals surface area (Å²) in [6.45, 7) is 0. The predicted molar refractivity (Wildman–Crippen MR) is 104 cm³/mol. The Labute approximate surface area is 164 Å². The Morgan fingerprint density at radius 2 is 1.55 bits per heavy atom. The van der Waals surface area contributed by atoms with Crippen LogP contribution in [0.15, 0.2) is 54.7 Å². The number of nitrogens with zero attached hydrogens (tertiary/aromatic N) is 2. The Hall–Kier alpha value is -3.82. The van der Waals surface area contributed by atoms with Crippen molar-refractivity contribution in [3.63, 3.8) is 0 Å². The summed E-state index contributed by atoms with van der Waals surface area (Å²) >= 11 is 0. The van der Waals surface area contributed by atoms with Crippen LogP contribution in [-0.2, 0) is 6.18 Å². The van der Waals surface area contributed by atoms with Crippen LogP contribution in [0.1, 0.15) is 15.9 Å². The van der Waals surface area contributed by atoms with E-state index in [1.807, 2.05) is 0 Å². The second kappa shape index (κ2) is 8.05. The lowest BCUT2D eigenvalue weighted by atomic mass is 10.2. The first-order chi connectivity index (χ1) is 13.8. The number of aromatic nitrogens is 2. The van der Waals surface area contributed by atoms with Crippen molar-refractivity contribution < 1.29 is 18.0 Å². The lowest BCUT2D eigenvalue weighted by Gasteiger charge is -2.15. The second-order valence-electron chi connectivity index (χ2n) is 5.98. The van der Waals surface area contributed by atoms with Crippen LogP contribution in [0.2, 0.25) is 0 Å². The smallest absolute Gasteiger partial charge is 0.399 e. The molecule has 0 radical (unpaired) electrons. The van der Waals surface area contributed by atoms with Crippen LogP contribution in [0, 0.1) is 0 Å². The summed E-state index contributed by atoms with van der Waals surface area (Å²) < 4.78 is 40.0. The van der Waals surface area contributed by atoms with Crippen LogP contribution in [-0.4, -0.2) is 22.9 Å². The number of carbonyl (C=O) groups excluding carboxylic acids is 1. The van der Waals surface area contributed by atoms with E-state index in [0.29, 0.717) is 28.8 Å². The summed E-state index contributed by atoms with van der Waals surface area (Å²) in [5.41, 5.74) is 6.42. The maximum absolute atomic E-state index is 13.3. The molecule has 0 saturated carbocycles. The van der Waals surface area contributed by atoms with Gasteiger partial charge in [-0.05, 0) is 48.5 Å². The van der Waals surface area contributed by atoms with Crippen molar-refractivity contribution in [2.75, 3.05) is 23.4 Å². The summed E-state index contributed by atoms with van der Waals surface area (Å²) in [4.78, 5) is 19.3. The Kier molecular flexibility index (Phi) is 5.53. The molecule has 7 nitrogen and oxygen atoms in total. The molecular weight excluding hydrogens is 385 g/mol. The van der Waals surface area contributed by atoms with Gasteiger partial charge in [-0.3, -0.25) is 4.79 Å². The van der Waals surface area contributed by atoms with Gasteiger partial charge >= 0.3 is 6.18 Å². The first-order valence-electron chi connectivity index (χ1n) is 8.42. The number of alkyl halides is 3. The number of hydrogen-bond acceptors (Lipinski definition) is 6. The fraction of sp³-hybridized carbons (Fsp3) is 0.105. The molecule has 1 amide bonds. The third-order valence-electron chi connectivity index (χ3n) is 3.90. The van der Waals surface area contributed by atoms with Gasteiger partial charge in [-0.25, -0.2) is 4.98 Å². The molecule has 0 atom stereocenters. The van der Waals surface area contributed by atoms with Crippen LogP contribution in [0.25, 0.3) is 0 Å². The van der Waals surface area contributed by atoms with Crippen LogP contribution in [0.4, 0.5) is 42.0 Å². The topological polar surface area (TPSA) is 105 Å². The van der Waals surface area contributed by atoms with Crippen LogP contribution in [0.3, 0.4) is 0 Å². The number of benzene rings is 2. The van der Waals surface area contributed by atoms with Gasteiger partial charge in [0.15, 0.2) is 0 Å². The highest BCUT2D eigenvalue weighted by atomic mass is 19.4. The highest BCUT2D eigenvalue weighted by Crippen LogP contribution is 2.35. The average molecular weight is 402 g/mol. The first-order valence-corrected chi connectivity index (χ1v) is 8.42. The molecule has 0 unspecified atom stereocenters. The number of halogens is 3. The van der Waals surface area contributed by atoms with Crippen molar-refractivity contribution in [3.8, 4) is 0 Å². The Balaban J connectivity index is 1.88. The fourth-order valence-corrected chi connectivity index (χ4v) is 2.43. The summed E-state index contributed by atoms with van der Waals surface area (Å²) in [5.74, 6) is -0.692. The van der Waals surface area contributed by atoms with E-state index in [4.69, 9.17) is 5.73 Å². The molecule has 0 spiro atoms. The molecule has 0 aliphatic rings. The fourth-order valence-electron chi connectivity index (χ4n) is 2.43. The van der Waals surface area contributed by atoms with E-state index >= 15 is 0 Å². The zero-order chi connectivity index (χ0) is 21.0. The highest BCUT2D eigenvalue weighted by Gasteiger charge is 2.35. The summed E-state index contributed by atoms with van der Waals surface area (Å²) in [7, 11) is 1.51. The van der Waals surface area contributed by atoms with Gasteiger partial charge in [-0.1, -0.05) is 0 Å². The predicted octanol–water partition coefficient (Wildman–Crippen LogP) is 3.92. The lowest BCUT2D eigenvalue weighted by molar-refractivity contribution is -0.137. The second-order valence-corrected chi connectivity index (χ2v) is 5.98. The largest absolute Gasteiger partial charge is 0.421 e. The van der Waals surface area contributed by atoms with Gasteiger partial charge in [0.1, 0.15) is 11.4 Å². The van der Waals surface area contributed by atoms with Gasteiger partial charge in [0, 0.05) is 35.9 Å². The average Bonchev–Trinajstić information content (AvgIpc) is 2.69.